The van der Waals surface area contributed by atoms with Crippen molar-refractivity contribution in [1.29, 1.82) is 0 Å². The minimum Gasteiger partial charge on any atom is -0.378 e. The summed E-state index contributed by atoms with van der Waals surface area (Å²) in [5.41, 5.74) is 17.6. The van der Waals surface area contributed by atoms with Crippen LogP contribution in [0.25, 0.3) is 44.8 Å². The molecule has 0 radical (unpaired) electrons. The number of hydrogen-bond acceptors (Lipinski definition) is 21. The van der Waals surface area contributed by atoms with E-state index in [4.69, 9.17) is 50.8 Å². The van der Waals surface area contributed by atoms with Gasteiger partial charge in [0.25, 0.3) is 0 Å². The first-order valence-electron chi connectivity index (χ1n) is 25.4. The van der Waals surface area contributed by atoms with Crippen molar-refractivity contribution in [3.8, 4) is 22.5 Å². The van der Waals surface area contributed by atoms with E-state index in [9.17, 15) is 0 Å². The maximum atomic E-state index is 15.2. The Labute approximate surface area is 417 Å². The molecule has 380 valence electrons. The zero-order chi connectivity index (χ0) is 48.9. The summed E-state index contributed by atoms with van der Waals surface area (Å²) < 4.78 is 15.8. The normalized spacial score (nSPS) is 23.2. The summed E-state index contributed by atoms with van der Waals surface area (Å²) in [6.07, 6.45) is 14.1. The Hall–Kier alpha value is -6.51. The Morgan fingerprint density at radius 1 is 0.514 bits per heavy atom. The molecule has 12 heterocycles. The number of fused-ring (bicyclic) bond motifs is 2. The third kappa shape index (κ3) is 9.05. The first-order chi connectivity index (χ1) is 35.2. The van der Waals surface area contributed by atoms with Crippen LogP contribution in [0, 0.1) is 0 Å². The highest BCUT2D eigenvalue weighted by molar-refractivity contribution is 5.89. The van der Waals surface area contributed by atoms with Crippen molar-refractivity contribution in [3.63, 3.8) is 0 Å². The number of nitrogen functional groups attached to an aromatic ring is 2. The average molecular weight is 985 g/mol. The molecule has 0 bridgehead atoms. The molecule has 6 aromatic rings. The summed E-state index contributed by atoms with van der Waals surface area (Å²) in [4.78, 5) is 80.8. The van der Waals surface area contributed by atoms with E-state index in [2.05, 4.69) is 82.4 Å². The van der Waals surface area contributed by atoms with E-state index in [-0.39, 0.29) is 42.3 Å². The minimum atomic E-state index is -0.0429. The smallest absolute Gasteiger partial charge is 0.322 e. The number of amides is 2. The molecule has 25 nitrogen and oxygen atoms in total. The summed E-state index contributed by atoms with van der Waals surface area (Å²) in [5, 5.41) is 0. The zero-order valence-corrected chi connectivity index (χ0v) is 41.2. The Kier molecular flexibility index (Phi) is 12.8. The standard InChI is InChI=1S/C47H64N22O3/c1-60-11-13-66(35(27-60)62-7-3-33(4-8-62)68-29-54-39-37(31-23-50-43(48)51-24-31)56-45(58-41(39)68)64-15-19-71-20-16-64)47(70)67-14-12-61(2)28-36(67)63-9-5-34(6-10-63)69-30-55-40-38(32-25-52-44(49)53-26-32)57-46(59-42(40)69)65-17-21-72-22-18-65/h23-26,29-30,33-36H,3-22,27-28H2,1-2H3,(H2,48,50,51)(H2,49,52,53). The van der Waals surface area contributed by atoms with Crippen LogP contribution in [0.2, 0.25) is 0 Å². The number of aromatic nitrogens is 12. The van der Waals surface area contributed by atoms with E-state index in [0.29, 0.717) is 100 Å². The van der Waals surface area contributed by atoms with Crippen molar-refractivity contribution in [2.75, 3.05) is 153 Å². The summed E-state index contributed by atoms with van der Waals surface area (Å²) in [7, 11) is 4.34. The van der Waals surface area contributed by atoms with Crippen LogP contribution in [0.1, 0.15) is 37.8 Å². The van der Waals surface area contributed by atoms with Gasteiger partial charge in [-0.1, -0.05) is 0 Å². The van der Waals surface area contributed by atoms with E-state index in [1.54, 1.807) is 24.8 Å². The molecule has 6 aliphatic rings. The number of nitrogens with zero attached hydrogens (tertiary/aromatic N) is 20. The number of morpholine rings is 2. The second-order valence-electron chi connectivity index (χ2n) is 19.9. The van der Waals surface area contributed by atoms with Crippen molar-refractivity contribution in [3.05, 3.63) is 37.4 Å². The monoisotopic (exact) mass is 985 g/mol. The quantitative estimate of drug-likeness (QED) is 0.215. The van der Waals surface area contributed by atoms with Gasteiger partial charge >= 0.3 is 6.03 Å². The number of carbonyl (C=O) groups excluding carboxylic acids is 1. The molecule has 25 heteroatoms. The van der Waals surface area contributed by atoms with Gasteiger partial charge in [0.2, 0.25) is 23.8 Å². The molecule has 0 aliphatic carbocycles. The molecule has 0 spiro atoms. The van der Waals surface area contributed by atoms with E-state index in [1.165, 1.54) is 0 Å². The first-order valence-corrected chi connectivity index (χ1v) is 25.4. The highest BCUT2D eigenvalue weighted by atomic mass is 16.5. The van der Waals surface area contributed by atoms with Gasteiger partial charge in [-0.15, -0.1) is 0 Å². The first kappa shape index (κ1) is 46.6. The van der Waals surface area contributed by atoms with Crippen LogP contribution in [-0.4, -0.2) is 239 Å². The third-order valence-corrected chi connectivity index (χ3v) is 15.5. The maximum Gasteiger partial charge on any atom is 0.322 e. The number of anilines is 4. The Morgan fingerprint density at radius 3 is 1.29 bits per heavy atom. The molecule has 72 heavy (non-hydrogen) atoms. The van der Waals surface area contributed by atoms with Crippen molar-refractivity contribution in [2.45, 2.75) is 50.1 Å². The lowest BCUT2D eigenvalue weighted by Crippen LogP contribution is -2.69. The summed E-state index contributed by atoms with van der Waals surface area (Å²) in [6.45, 7) is 13.2. The summed E-state index contributed by atoms with van der Waals surface area (Å²) >= 11 is 0. The van der Waals surface area contributed by atoms with E-state index < -0.39 is 0 Å². The topological polar surface area (TPSA) is 252 Å². The number of hydrogen-bond donors (Lipinski definition) is 2. The molecule has 0 aromatic carbocycles. The van der Waals surface area contributed by atoms with Crippen molar-refractivity contribution in [2.24, 2.45) is 0 Å². The molecule has 2 atom stereocenters. The van der Waals surface area contributed by atoms with Crippen molar-refractivity contribution in [1.82, 2.24) is 88.4 Å². The predicted octanol–water partition coefficient (Wildman–Crippen LogP) is 0.959. The summed E-state index contributed by atoms with van der Waals surface area (Å²) in [5.74, 6) is 1.70. The molecule has 6 saturated heterocycles. The van der Waals surface area contributed by atoms with E-state index >= 15 is 4.79 Å². The van der Waals surface area contributed by atoms with Gasteiger partial charge in [-0.05, 0) is 39.8 Å². The van der Waals surface area contributed by atoms with Crippen LogP contribution < -0.4 is 21.3 Å². The molecule has 2 amide bonds. The van der Waals surface area contributed by atoms with Gasteiger partial charge in [0, 0.05) is 140 Å². The van der Waals surface area contributed by atoms with Gasteiger partial charge in [-0.2, -0.15) is 9.97 Å². The third-order valence-electron chi connectivity index (χ3n) is 15.5. The van der Waals surface area contributed by atoms with Crippen LogP contribution in [0.4, 0.5) is 28.6 Å². The number of nitrogens with two attached hydrogens (primary N) is 2. The lowest BCUT2D eigenvalue weighted by molar-refractivity contribution is -0.0456. The van der Waals surface area contributed by atoms with Crippen molar-refractivity contribution >= 4 is 52.2 Å². The van der Waals surface area contributed by atoms with Gasteiger partial charge in [-0.3, -0.25) is 9.80 Å². The molecule has 2 unspecified atom stereocenters. The minimum absolute atomic E-state index is 0.0429. The Bertz CT molecular complexity index is 2660. The fraction of sp³-hybridized carbons (Fsp3) is 0.596. The van der Waals surface area contributed by atoms with Crippen LogP contribution >= 0.6 is 0 Å². The number of rotatable bonds is 8. The SMILES string of the molecule is CN1CCN(C(=O)N2CCN(C)CC2N2CCC(n3cnc4c(-c5cnc(N)nc5)nc(N5CCOCC5)nc43)CC2)C(N2CCC(n3cnc4c(-c5cnc(N)nc5)nc(N5CCOCC5)nc43)CC2)C1. The van der Waals surface area contributed by atoms with Crippen LogP contribution in [0.3, 0.4) is 0 Å². The number of piperazine rings is 2. The second-order valence-corrected chi connectivity index (χ2v) is 19.9. The molecule has 6 aromatic heterocycles. The van der Waals surface area contributed by atoms with Gasteiger partial charge in [0.1, 0.15) is 22.4 Å². The molecular formula is C47H64N22O3. The molecule has 0 saturated carbocycles. The molecular weight excluding hydrogens is 921 g/mol. The average Bonchev–Trinajstić information content (AvgIpc) is 4.06. The lowest BCUT2D eigenvalue weighted by atomic mass is 10.0. The number of imidazole rings is 2. The fourth-order valence-corrected chi connectivity index (χ4v) is 11.4. The largest absolute Gasteiger partial charge is 0.378 e. The number of likely N-dealkylation sites (tertiary alicyclic amines) is 2. The van der Waals surface area contributed by atoms with Crippen LogP contribution in [-0.2, 0) is 9.47 Å². The number of likely N-dealkylation sites (N-methyl/N-ethyl adjacent to an activating group) is 2. The maximum absolute atomic E-state index is 15.2. The second kappa shape index (κ2) is 19.8. The fourth-order valence-electron chi connectivity index (χ4n) is 11.4. The van der Waals surface area contributed by atoms with Gasteiger partial charge in [0.15, 0.2) is 11.3 Å². The molecule has 12 rings (SSSR count). The highest BCUT2D eigenvalue weighted by Crippen LogP contribution is 2.36. The summed E-state index contributed by atoms with van der Waals surface area (Å²) in [6, 6.07) is 0.476. The van der Waals surface area contributed by atoms with Crippen LogP contribution in [0.5, 0.6) is 0 Å². The number of carbonyl (C=O) groups is 1. The van der Waals surface area contributed by atoms with Crippen molar-refractivity contribution < 1.29 is 14.3 Å². The van der Waals surface area contributed by atoms with E-state index in [1.807, 2.05) is 12.7 Å². The lowest BCUT2D eigenvalue weighted by Gasteiger charge is -2.52. The molecule has 4 N–H and O–H groups in total. The highest BCUT2D eigenvalue weighted by Gasteiger charge is 2.42. The predicted molar refractivity (Wildman–Crippen MR) is 269 cm³/mol. The number of urea groups is 1. The Morgan fingerprint density at radius 2 is 0.903 bits per heavy atom. The number of piperidine rings is 2. The van der Waals surface area contributed by atoms with E-state index in [0.717, 1.165) is 100 Å². The van der Waals surface area contributed by atoms with Crippen LogP contribution in [0.15, 0.2) is 37.4 Å². The molecule has 6 fully saturated rings. The van der Waals surface area contributed by atoms with Gasteiger partial charge < -0.3 is 59.5 Å². The van der Waals surface area contributed by atoms with Gasteiger partial charge in [-0.25, -0.2) is 44.7 Å². The zero-order valence-electron chi connectivity index (χ0n) is 41.2. The Balaban J connectivity index is 0.749. The molecule has 6 aliphatic heterocycles. The number of ether oxygens (including phenoxy) is 2. The van der Waals surface area contributed by atoms with Gasteiger partial charge in [0.05, 0.1) is 51.4 Å².